The number of amides is 1. The minimum Gasteiger partial charge on any atom is -0.343 e. The molecular formula is C21H22FN2O+. The highest BCUT2D eigenvalue weighted by atomic mass is 19.1. The second-order valence-electron chi connectivity index (χ2n) is 6.99. The topological polar surface area (TPSA) is 43.1 Å². The number of rotatable bonds is 4. The molecule has 2 N–H and O–H groups in total. The van der Waals surface area contributed by atoms with E-state index in [2.05, 4.69) is 28.5 Å². The third-order valence-corrected chi connectivity index (χ3v) is 5.09. The number of carbonyl (C=O) groups is 1. The number of benzene rings is 1. The van der Waals surface area contributed by atoms with E-state index in [9.17, 15) is 9.18 Å². The maximum Gasteiger partial charge on any atom is 0.316 e. The molecule has 0 aromatic heterocycles. The molecule has 1 fully saturated rings. The Morgan fingerprint density at radius 1 is 1.16 bits per heavy atom. The summed E-state index contributed by atoms with van der Waals surface area (Å²) in [6.07, 6.45) is 12.7. The van der Waals surface area contributed by atoms with Crippen molar-refractivity contribution in [2.45, 2.75) is 32.2 Å². The molecule has 0 radical (unpaired) electrons. The first kappa shape index (κ1) is 16.0. The van der Waals surface area contributed by atoms with Crippen LogP contribution in [0.25, 0.3) is 0 Å². The zero-order chi connectivity index (χ0) is 17.2. The van der Waals surface area contributed by atoms with Gasteiger partial charge in [-0.3, -0.25) is 4.79 Å². The molecule has 3 nitrogen and oxygen atoms in total. The number of hydrogen-bond donors (Lipinski definition) is 2. The average molecular weight is 337 g/mol. The summed E-state index contributed by atoms with van der Waals surface area (Å²) in [6, 6.07) is 6.22. The van der Waals surface area contributed by atoms with Gasteiger partial charge < -0.3 is 5.32 Å². The normalized spacial score (nSPS) is 22.3. The molecule has 1 atom stereocenters. The largest absolute Gasteiger partial charge is 0.343 e. The molecule has 0 spiro atoms. The van der Waals surface area contributed by atoms with Gasteiger partial charge in [-0.05, 0) is 37.0 Å². The van der Waals surface area contributed by atoms with Gasteiger partial charge in [-0.15, -0.1) is 0 Å². The highest BCUT2D eigenvalue weighted by Gasteiger charge is 2.39. The molecule has 25 heavy (non-hydrogen) atoms. The first-order valence-corrected chi connectivity index (χ1v) is 8.93. The molecule has 4 rings (SSSR count). The summed E-state index contributed by atoms with van der Waals surface area (Å²) in [6.45, 7) is 0.392. The van der Waals surface area contributed by atoms with Gasteiger partial charge in [0.15, 0.2) is 5.71 Å². The fourth-order valence-corrected chi connectivity index (χ4v) is 3.54. The first-order valence-electron chi connectivity index (χ1n) is 8.93. The standard InChI is InChI=1S/C21H21FN2O/c22-17-10-6-14(7-11-17)13-23-21(25)20-18-5-3-1-2-4-16(18)12-19(24-20)15-8-9-15/h1-3,5-7,10-11,15-16H,4,8-9,12-13H2,(H,23,25)/p+1. The lowest BCUT2D eigenvalue weighted by Crippen LogP contribution is -2.76. The van der Waals surface area contributed by atoms with Crippen LogP contribution in [0.5, 0.6) is 0 Å². The van der Waals surface area contributed by atoms with E-state index >= 15 is 0 Å². The minimum absolute atomic E-state index is 0.0891. The molecule has 0 saturated heterocycles. The van der Waals surface area contributed by atoms with Crippen LogP contribution in [-0.4, -0.2) is 11.6 Å². The van der Waals surface area contributed by atoms with E-state index < -0.39 is 0 Å². The van der Waals surface area contributed by atoms with Crippen molar-refractivity contribution in [1.29, 1.82) is 0 Å². The molecule has 4 heteroatoms. The third kappa shape index (κ3) is 3.63. The van der Waals surface area contributed by atoms with Crippen LogP contribution < -0.4 is 10.3 Å². The Balaban J connectivity index is 1.56. The lowest BCUT2D eigenvalue weighted by atomic mass is 9.85. The van der Waals surface area contributed by atoms with E-state index in [1.165, 1.54) is 30.7 Å². The van der Waals surface area contributed by atoms with Gasteiger partial charge in [0.1, 0.15) is 5.82 Å². The van der Waals surface area contributed by atoms with Crippen LogP contribution >= 0.6 is 0 Å². The first-order chi connectivity index (χ1) is 12.2. The van der Waals surface area contributed by atoms with Gasteiger partial charge in [-0.25, -0.2) is 9.38 Å². The molecule has 1 amide bonds. The van der Waals surface area contributed by atoms with Crippen LogP contribution in [-0.2, 0) is 11.3 Å². The van der Waals surface area contributed by atoms with Crippen molar-refractivity contribution in [3.05, 3.63) is 71.2 Å². The van der Waals surface area contributed by atoms with Gasteiger partial charge in [0, 0.05) is 30.4 Å². The average Bonchev–Trinajstić information content (AvgIpc) is 3.46. The maximum atomic E-state index is 13.0. The summed E-state index contributed by atoms with van der Waals surface area (Å²) in [5.41, 5.74) is 3.97. The molecule has 2 aliphatic carbocycles. The summed E-state index contributed by atoms with van der Waals surface area (Å²) in [7, 11) is 0. The SMILES string of the molecule is O=C(NCc1ccc(F)cc1)C1=C2C=CC=CCC2CC(C2CC2)=[NH+]1. The number of hydrogen-bond acceptors (Lipinski definition) is 1. The second-order valence-corrected chi connectivity index (χ2v) is 6.99. The molecule has 1 aromatic rings. The van der Waals surface area contributed by atoms with Crippen LogP contribution in [0.15, 0.2) is 59.8 Å². The Bertz CT molecular complexity index is 798. The lowest BCUT2D eigenvalue weighted by Gasteiger charge is -2.20. The van der Waals surface area contributed by atoms with Crippen molar-refractivity contribution in [3.63, 3.8) is 0 Å². The Labute approximate surface area is 147 Å². The number of nitrogens with one attached hydrogen (secondary N) is 2. The number of carbonyl (C=O) groups excluding carboxylic acids is 1. The molecule has 1 heterocycles. The predicted molar refractivity (Wildman–Crippen MR) is 95.0 cm³/mol. The van der Waals surface area contributed by atoms with Crippen molar-refractivity contribution < 1.29 is 14.2 Å². The van der Waals surface area contributed by atoms with E-state index in [1.807, 2.05) is 6.08 Å². The Morgan fingerprint density at radius 3 is 2.72 bits per heavy atom. The Kier molecular flexibility index (Phi) is 4.35. The smallest absolute Gasteiger partial charge is 0.316 e. The zero-order valence-corrected chi connectivity index (χ0v) is 14.1. The summed E-state index contributed by atoms with van der Waals surface area (Å²) >= 11 is 0. The number of fused-ring (bicyclic) bond motifs is 1. The van der Waals surface area contributed by atoms with Crippen LogP contribution in [0, 0.1) is 17.7 Å². The fourth-order valence-electron chi connectivity index (χ4n) is 3.54. The van der Waals surface area contributed by atoms with Crippen molar-refractivity contribution in [1.82, 2.24) is 5.32 Å². The molecule has 128 valence electrons. The summed E-state index contributed by atoms with van der Waals surface area (Å²) in [5, 5.41) is 2.97. The lowest BCUT2D eigenvalue weighted by molar-refractivity contribution is -0.399. The van der Waals surface area contributed by atoms with Gasteiger partial charge in [0.25, 0.3) is 5.70 Å². The Morgan fingerprint density at radius 2 is 1.96 bits per heavy atom. The van der Waals surface area contributed by atoms with E-state index in [0.717, 1.165) is 24.0 Å². The highest BCUT2D eigenvalue weighted by molar-refractivity contribution is 5.95. The van der Waals surface area contributed by atoms with Crippen molar-refractivity contribution in [3.8, 4) is 0 Å². The van der Waals surface area contributed by atoms with Gasteiger partial charge >= 0.3 is 5.91 Å². The Hall–Kier alpha value is -2.49. The molecular weight excluding hydrogens is 315 g/mol. The summed E-state index contributed by atoms with van der Waals surface area (Å²) in [4.78, 5) is 16.3. The van der Waals surface area contributed by atoms with Crippen LogP contribution in [0.3, 0.4) is 0 Å². The van der Waals surface area contributed by atoms with Crippen LogP contribution in [0.2, 0.25) is 0 Å². The summed E-state index contributed by atoms with van der Waals surface area (Å²) < 4.78 is 13.0. The molecule has 0 bridgehead atoms. The number of allylic oxidation sites excluding steroid dienone is 5. The molecule has 1 aromatic carbocycles. The molecule has 1 unspecified atom stereocenters. The van der Waals surface area contributed by atoms with E-state index in [4.69, 9.17) is 0 Å². The number of halogens is 1. The van der Waals surface area contributed by atoms with E-state index in [1.54, 1.807) is 12.1 Å². The fraction of sp³-hybridized carbons (Fsp3) is 0.333. The van der Waals surface area contributed by atoms with Crippen molar-refractivity contribution in [2.75, 3.05) is 0 Å². The monoisotopic (exact) mass is 337 g/mol. The van der Waals surface area contributed by atoms with Crippen molar-refractivity contribution in [2.24, 2.45) is 11.8 Å². The quantitative estimate of drug-likeness (QED) is 0.869. The third-order valence-electron chi connectivity index (χ3n) is 5.09. The maximum absolute atomic E-state index is 13.0. The minimum atomic E-state index is -0.267. The summed E-state index contributed by atoms with van der Waals surface area (Å²) in [5.74, 6) is 0.640. The van der Waals surface area contributed by atoms with Crippen LogP contribution in [0.4, 0.5) is 4.39 Å². The van der Waals surface area contributed by atoms with Gasteiger partial charge in [0.2, 0.25) is 0 Å². The van der Waals surface area contributed by atoms with Crippen molar-refractivity contribution >= 4 is 11.6 Å². The molecule has 1 aliphatic heterocycles. The van der Waals surface area contributed by atoms with Crippen LogP contribution in [0.1, 0.15) is 31.2 Å². The van der Waals surface area contributed by atoms with Gasteiger partial charge in [0.05, 0.1) is 0 Å². The zero-order valence-electron chi connectivity index (χ0n) is 14.1. The predicted octanol–water partition coefficient (Wildman–Crippen LogP) is 2.16. The second kappa shape index (κ2) is 6.79. The van der Waals surface area contributed by atoms with Gasteiger partial charge in [-0.2, -0.15) is 0 Å². The molecule has 3 aliphatic rings. The van der Waals surface area contributed by atoms with E-state index in [0.29, 0.717) is 24.1 Å². The highest BCUT2D eigenvalue weighted by Crippen LogP contribution is 2.35. The van der Waals surface area contributed by atoms with E-state index in [-0.39, 0.29) is 11.7 Å². The van der Waals surface area contributed by atoms with Gasteiger partial charge in [-0.1, -0.05) is 36.4 Å². The molecule has 1 saturated carbocycles.